The van der Waals surface area contributed by atoms with Crippen molar-refractivity contribution < 1.29 is 29.4 Å². The minimum absolute atomic E-state index is 0.240. The molecule has 0 aliphatic heterocycles. The van der Waals surface area contributed by atoms with Gasteiger partial charge in [-0.2, -0.15) is 0 Å². The molecule has 9 nitrogen and oxygen atoms in total. The number of urea groups is 1. The maximum absolute atomic E-state index is 11.9. The lowest BCUT2D eigenvalue weighted by Gasteiger charge is -2.17. The normalized spacial score (nSPS) is 12.6. The Balaban J connectivity index is 2.25. The average molecular weight is 519 g/mol. The number of rotatable bonds is 14. The number of unbranched alkanes of at least 4 members (excludes halogenated alkanes) is 1. The Hall–Kier alpha value is -2.21. The van der Waals surface area contributed by atoms with Gasteiger partial charge in [-0.05, 0) is 72.5 Å². The van der Waals surface area contributed by atoms with Crippen LogP contribution in [0.4, 0.5) is 4.79 Å². The van der Waals surface area contributed by atoms with Crippen LogP contribution in [0.25, 0.3) is 0 Å². The zero-order valence-corrected chi connectivity index (χ0v) is 18.1. The van der Waals surface area contributed by atoms with Gasteiger partial charge in [-0.25, -0.2) is 9.59 Å². The predicted octanol–water partition coefficient (Wildman–Crippen LogP) is 1.74. The molecule has 0 aliphatic rings. The highest BCUT2D eigenvalue weighted by Gasteiger charge is 2.22. The van der Waals surface area contributed by atoms with Gasteiger partial charge in [-0.3, -0.25) is 4.79 Å². The summed E-state index contributed by atoms with van der Waals surface area (Å²) in [7, 11) is 0. The lowest BCUT2D eigenvalue weighted by Crippen LogP contribution is -2.49. The second kappa shape index (κ2) is 13.9. The highest BCUT2D eigenvalue weighted by Crippen LogP contribution is 2.06. The van der Waals surface area contributed by atoms with Crippen LogP contribution in [0.5, 0.6) is 0 Å². The summed E-state index contributed by atoms with van der Waals surface area (Å²) >= 11 is 2.25. The fraction of sp³-hybridized carbons (Fsp3) is 0.474. The maximum atomic E-state index is 11.9. The van der Waals surface area contributed by atoms with Crippen LogP contribution < -0.4 is 16.0 Å². The van der Waals surface area contributed by atoms with Gasteiger partial charge in [0.25, 0.3) is 0 Å². The number of hydrogen-bond acceptors (Lipinski definition) is 5. The van der Waals surface area contributed by atoms with E-state index in [0.717, 1.165) is 19.5 Å². The molecule has 0 radical (unpaired) electrons. The molecule has 0 saturated heterocycles. The maximum Gasteiger partial charge on any atom is 0.326 e. The van der Waals surface area contributed by atoms with Crippen molar-refractivity contribution in [3.05, 3.63) is 33.4 Å². The van der Waals surface area contributed by atoms with Gasteiger partial charge in [-0.15, -0.1) is 0 Å². The molecule has 1 aromatic carbocycles. The Morgan fingerprint density at radius 3 is 2.31 bits per heavy atom. The number of aldehydes is 1. The molecule has 0 saturated carbocycles. The molecule has 0 spiro atoms. The van der Waals surface area contributed by atoms with E-state index < -0.39 is 30.1 Å². The smallest absolute Gasteiger partial charge is 0.326 e. The Kier molecular flexibility index (Phi) is 11.9. The summed E-state index contributed by atoms with van der Waals surface area (Å²) in [6, 6.07) is 5.32. The summed E-state index contributed by atoms with van der Waals surface area (Å²) in [4.78, 5) is 44.7. The third-order valence-electron chi connectivity index (χ3n) is 4.09. The molecule has 0 fully saturated rings. The van der Waals surface area contributed by atoms with Gasteiger partial charge in [0.05, 0.1) is 6.04 Å². The van der Waals surface area contributed by atoms with Crippen LogP contribution in [0, 0.1) is 3.57 Å². The molecule has 1 aromatic rings. The van der Waals surface area contributed by atoms with Crippen LogP contribution in [0.3, 0.4) is 0 Å². The Morgan fingerprint density at radius 2 is 1.72 bits per heavy atom. The first-order valence-electron chi connectivity index (χ1n) is 9.24. The molecule has 0 heterocycles. The first-order valence-corrected chi connectivity index (χ1v) is 10.3. The second-order valence-corrected chi connectivity index (χ2v) is 7.73. The minimum atomic E-state index is -1.33. The molecular formula is C19H26IN3O6. The van der Waals surface area contributed by atoms with E-state index in [1.807, 2.05) is 12.1 Å². The van der Waals surface area contributed by atoms with Crippen molar-refractivity contribution in [2.75, 3.05) is 6.54 Å². The van der Waals surface area contributed by atoms with E-state index in [1.165, 1.54) is 9.13 Å². The lowest BCUT2D eigenvalue weighted by molar-refractivity contribution is -0.140. The third kappa shape index (κ3) is 11.4. The number of amides is 2. The van der Waals surface area contributed by atoms with Crippen LogP contribution in [0.1, 0.15) is 37.7 Å². The molecular weight excluding hydrogens is 493 g/mol. The van der Waals surface area contributed by atoms with Crippen molar-refractivity contribution in [1.82, 2.24) is 16.0 Å². The van der Waals surface area contributed by atoms with Crippen LogP contribution in [0.2, 0.25) is 0 Å². The SMILES string of the molecule is O=C[C@H](CCCCNCc1ccc(I)cc1)NC(=O)N[C@@H](CCC(=O)O)C(=O)O. The molecule has 160 valence electrons. The van der Waals surface area contributed by atoms with Crippen molar-refractivity contribution in [1.29, 1.82) is 0 Å². The Labute approximate surface area is 182 Å². The van der Waals surface area contributed by atoms with Gasteiger partial charge >= 0.3 is 18.0 Å². The second-order valence-electron chi connectivity index (χ2n) is 6.48. The molecule has 0 aliphatic carbocycles. The van der Waals surface area contributed by atoms with E-state index in [1.54, 1.807) is 0 Å². The molecule has 10 heteroatoms. The summed E-state index contributed by atoms with van der Waals surface area (Å²) in [5.41, 5.74) is 1.19. The largest absolute Gasteiger partial charge is 0.481 e. The molecule has 1 rings (SSSR count). The average Bonchev–Trinajstić information content (AvgIpc) is 2.67. The third-order valence-corrected chi connectivity index (χ3v) is 4.81. The number of aliphatic carboxylic acids is 2. The number of carbonyl (C=O) groups excluding carboxylic acids is 2. The first-order chi connectivity index (χ1) is 13.8. The van der Waals surface area contributed by atoms with E-state index in [0.29, 0.717) is 19.1 Å². The molecule has 2 amide bonds. The Morgan fingerprint density at radius 1 is 1.03 bits per heavy atom. The van der Waals surface area contributed by atoms with Crippen LogP contribution >= 0.6 is 22.6 Å². The van der Waals surface area contributed by atoms with E-state index in [4.69, 9.17) is 10.2 Å². The highest BCUT2D eigenvalue weighted by molar-refractivity contribution is 14.1. The van der Waals surface area contributed by atoms with Crippen LogP contribution in [0.15, 0.2) is 24.3 Å². The van der Waals surface area contributed by atoms with Crippen LogP contribution in [-0.2, 0) is 20.9 Å². The molecule has 0 aromatic heterocycles. The monoisotopic (exact) mass is 519 g/mol. The van der Waals surface area contributed by atoms with Gasteiger partial charge in [0.15, 0.2) is 0 Å². The van der Waals surface area contributed by atoms with Gasteiger partial charge < -0.3 is 31.0 Å². The van der Waals surface area contributed by atoms with Gasteiger partial charge in [0.1, 0.15) is 12.3 Å². The van der Waals surface area contributed by atoms with Crippen molar-refractivity contribution in [2.24, 2.45) is 0 Å². The molecule has 5 N–H and O–H groups in total. The zero-order valence-electron chi connectivity index (χ0n) is 15.9. The number of benzene rings is 1. The quantitative estimate of drug-likeness (QED) is 0.143. The number of carboxylic acid groups (broad SMARTS) is 2. The van der Waals surface area contributed by atoms with Gasteiger partial charge in [-0.1, -0.05) is 12.1 Å². The fourth-order valence-corrected chi connectivity index (χ4v) is 2.88. The highest BCUT2D eigenvalue weighted by atomic mass is 127. The van der Waals surface area contributed by atoms with Gasteiger partial charge in [0.2, 0.25) is 0 Å². The summed E-state index contributed by atoms with van der Waals surface area (Å²) in [5.74, 6) is -2.48. The minimum Gasteiger partial charge on any atom is -0.481 e. The Bertz CT molecular complexity index is 683. The summed E-state index contributed by atoms with van der Waals surface area (Å²) in [6.45, 7) is 1.52. The van der Waals surface area contributed by atoms with Crippen molar-refractivity contribution >= 4 is 46.8 Å². The number of halogens is 1. The van der Waals surface area contributed by atoms with E-state index in [9.17, 15) is 19.2 Å². The summed E-state index contributed by atoms with van der Waals surface area (Å²) in [6.07, 6.45) is 1.92. The standard InChI is InChI=1S/C19H26IN3O6/c20-14-6-4-13(5-7-14)11-21-10-2-1-3-15(12-24)22-19(29)23-16(18(27)28)8-9-17(25)26/h4-7,12,15-16,21H,1-3,8-11H2,(H,25,26)(H,27,28)(H2,22,23,29)/t15-,16-/m0/s1. The van der Waals surface area contributed by atoms with Crippen LogP contribution in [-0.4, -0.2) is 53.1 Å². The number of nitrogens with one attached hydrogen (secondary N) is 3. The van der Waals surface area contributed by atoms with E-state index >= 15 is 0 Å². The topological polar surface area (TPSA) is 145 Å². The molecule has 0 bridgehead atoms. The molecule has 2 atom stereocenters. The van der Waals surface area contributed by atoms with Crippen molar-refractivity contribution in [3.63, 3.8) is 0 Å². The van der Waals surface area contributed by atoms with E-state index in [2.05, 4.69) is 50.7 Å². The van der Waals surface area contributed by atoms with Crippen molar-refractivity contribution in [2.45, 2.75) is 50.7 Å². The number of carboxylic acids is 2. The van der Waals surface area contributed by atoms with E-state index in [-0.39, 0.29) is 12.8 Å². The number of hydrogen-bond donors (Lipinski definition) is 5. The zero-order chi connectivity index (χ0) is 21.6. The molecule has 29 heavy (non-hydrogen) atoms. The molecule has 0 unspecified atom stereocenters. The van der Waals surface area contributed by atoms with Gasteiger partial charge in [0, 0.05) is 16.5 Å². The fourth-order valence-electron chi connectivity index (χ4n) is 2.52. The summed E-state index contributed by atoms with van der Waals surface area (Å²) < 4.78 is 1.18. The van der Waals surface area contributed by atoms with Crippen molar-refractivity contribution in [3.8, 4) is 0 Å². The number of carbonyl (C=O) groups is 4. The first kappa shape index (κ1) is 24.8. The predicted molar refractivity (Wildman–Crippen MR) is 115 cm³/mol. The lowest BCUT2D eigenvalue weighted by atomic mass is 10.1. The summed E-state index contributed by atoms with van der Waals surface area (Å²) in [5, 5.41) is 25.6.